The minimum Gasteiger partial charge on any atom is -0.496 e. The Labute approximate surface area is 150 Å². The Morgan fingerprint density at radius 1 is 1.35 bits per heavy atom. The normalized spacial score (nSPS) is 10.4. The van der Waals surface area contributed by atoms with Crippen LogP contribution in [0.2, 0.25) is 4.34 Å². The van der Waals surface area contributed by atoms with Crippen molar-refractivity contribution < 1.29 is 19.1 Å². The maximum Gasteiger partial charge on any atom is 0.306 e. The Balaban J connectivity index is 1.88. The van der Waals surface area contributed by atoms with Crippen molar-refractivity contribution in [1.82, 2.24) is 9.59 Å². The Morgan fingerprint density at radius 3 is 2.78 bits per heavy atom. The third kappa shape index (κ3) is 4.98. The smallest absolute Gasteiger partial charge is 0.306 e. The highest BCUT2D eigenvalue weighted by Gasteiger charge is 2.16. The summed E-state index contributed by atoms with van der Waals surface area (Å²) in [5, 5.41) is 3.73. The molecule has 0 N–H and O–H groups in total. The largest absolute Gasteiger partial charge is 0.496 e. The number of benzene rings is 1. The summed E-state index contributed by atoms with van der Waals surface area (Å²) in [5.41, 5.74) is 0.825. The van der Waals surface area contributed by atoms with Crippen LogP contribution in [0.25, 0.3) is 0 Å². The molecule has 0 atom stereocenters. The average molecular weight is 420 g/mol. The van der Waals surface area contributed by atoms with Crippen LogP contribution < -0.4 is 4.74 Å². The van der Waals surface area contributed by atoms with Crippen molar-refractivity contribution in [3.05, 3.63) is 38.3 Å². The molecule has 0 saturated carbocycles. The fourth-order valence-corrected chi connectivity index (χ4v) is 2.71. The molecular formula is C14H12BrClN2O4S. The molecule has 0 spiro atoms. The van der Waals surface area contributed by atoms with Crippen LogP contribution in [0.5, 0.6) is 5.75 Å². The predicted molar refractivity (Wildman–Crippen MR) is 89.0 cm³/mol. The maximum atomic E-state index is 12.2. The average Bonchev–Trinajstić information content (AvgIpc) is 2.95. The molecule has 122 valence electrons. The van der Waals surface area contributed by atoms with Crippen molar-refractivity contribution in [1.29, 1.82) is 0 Å². The lowest BCUT2D eigenvalue weighted by Gasteiger charge is -2.08. The van der Waals surface area contributed by atoms with Gasteiger partial charge in [0.2, 0.25) is 0 Å². The summed E-state index contributed by atoms with van der Waals surface area (Å²) < 4.78 is 15.0. The molecular weight excluding hydrogens is 408 g/mol. The van der Waals surface area contributed by atoms with Crippen LogP contribution in [-0.2, 0) is 16.1 Å². The fourth-order valence-electron chi connectivity index (χ4n) is 1.75. The quantitative estimate of drug-likeness (QED) is 0.503. The first kappa shape index (κ1) is 17.8. The Bertz CT molecular complexity index is 723. The van der Waals surface area contributed by atoms with Crippen LogP contribution in [0.4, 0.5) is 0 Å². The molecule has 1 aromatic carbocycles. The van der Waals surface area contributed by atoms with E-state index in [0.29, 0.717) is 21.3 Å². The number of ether oxygens (including phenoxy) is 2. The topological polar surface area (TPSA) is 78.4 Å². The third-order valence-electron chi connectivity index (χ3n) is 2.90. The van der Waals surface area contributed by atoms with Crippen molar-refractivity contribution in [2.24, 2.45) is 0 Å². The molecule has 0 unspecified atom stereocenters. The number of Topliss-reactive ketones (excluding diaryl/α,β-unsaturated/α-hetero) is 1. The SMILES string of the molecule is COc1ccc(Br)cc1C(=O)CCC(=O)OCc1nnsc1Cl. The molecule has 9 heteroatoms. The number of aromatic nitrogens is 2. The zero-order valence-corrected chi connectivity index (χ0v) is 15.2. The molecule has 1 aromatic heterocycles. The number of nitrogens with zero attached hydrogens (tertiary/aromatic N) is 2. The molecule has 23 heavy (non-hydrogen) atoms. The summed E-state index contributed by atoms with van der Waals surface area (Å²) in [5.74, 6) is -0.239. The van der Waals surface area contributed by atoms with Gasteiger partial charge < -0.3 is 9.47 Å². The maximum absolute atomic E-state index is 12.2. The summed E-state index contributed by atoms with van der Waals surface area (Å²) in [6, 6.07) is 5.12. The summed E-state index contributed by atoms with van der Waals surface area (Å²) in [6.45, 7) is -0.0530. The summed E-state index contributed by atoms with van der Waals surface area (Å²) in [6.07, 6.45) is -0.0155. The number of hydrogen-bond donors (Lipinski definition) is 0. The van der Waals surface area contributed by atoms with Gasteiger partial charge in [0.15, 0.2) is 5.78 Å². The number of esters is 1. The Kier molecular flexibility index (Phi) is 6.49. The third-order valence-corrected chi connectivity index (χ3v) is 4.38. The molecule has 0 amide bonds. The highest BCUT2D eigenvalue weighted by molar-refractivity contribution is 9.10. The zero-order valence-electron chi connectivity index (χ0n) is 12.0. The first-order valence-corrected chi connectivity index (χ1v) is 8.44. The molecule has 0 saturated heterocycles. The number of carbonyl (C=O) groups is 2. The summed E-state index contributed by atoms with van der Waals surface area (Å²) >= 11 is 10.1. The summed E-state index contributed by atoms with van der Waals surface area (Å²) in [7, 11) is 1.49. The van der Waals surface area contributed by atoms with E-state index in [1.807, 2.05) is 0 Å². The number of hydrogen-bond acceptors (Lipinski definition) is 7. The van der Waals surface area contributed by atoms with E-state index in [0.717, 1.165) is 16.0 Å². The molecule has 0 radical (unpaired) electrons. The first-order valence-electron chi connectivity index (χ1n) is 6.50. The van der Waals surface area contributed by atoms with Gasteiger partial charge in [-0.1, -0.05) is 32.0 Å². The van der Waals surface area contributed by atoms with Gasteiger partial charge in [0.05, 0.1) is 19.1 Å². The number of rotatable bonds is 7. The first-order chi connectivity index (χ1) is 11.0. The predicted octanol–water partition coefficient (Wildman–Crippen LogP) is 3.67. The van der Waals surface area contributed by atoms with E-state index in [9.17, 15) is 9.59 Å². The number of methoxy groups -OCH3 is 1. The van der Waals surface area contributed by atoms with Gasteiger partial charge >= 0.3 is 5.97 Å². The lowest BCUT2D eigenvalue weighted by Crippen LogP contribution is -2.09. The van der Waals surface area contributed by atoms with Gasteiger partial charge in [-0.15, -0.1) is 5.10 Å². The van der Waals surface area contributed by atoms with E-state index in [1.165, 1.54) is 7.11 Å². The van der Waals surface area contributed by atoms with Crippen molar-refractivity contribution in [2.45, 2.75) is 19.4 Å². The van der Waals surface area contributed by atoms with Gasteiger partial charge in [0.25, 0.3) is 0 Å². The highest BCUT2D eigenvalue weighted by atomic mass is 79.9. The molecule has 0 aliphatic heterocycles. The molecule has 2 aromatic rings. The van der Waals surface area contributed by atoms with Crippen LogP contribution in [-0.4, -0.2) is 28.4 Å². The van der Waals surface area contributed by atoms with Gasteiger partial charge in [-0.3, -0.25) is 9.59 Å². The van der Waals surface area contributed by atoms with Gasteiger partial charge in [0.1, 0.15) is 22.4 Å². The second-order valence-electron chi connectivity index (χ2n) is 4.42. The van der Waals surface area contributed by atoms with Crippen LogP contribution in [0.3, 0.4) is 0 Å². The lowest BCUT2D eigenvalue weighted by atomic mass is 10.1. The fraction of sp³-hybridized carbons (Fsp3) is 0.286. The van der Waals surface area contributed by atoms with Crippen LogP contribution >= 0.6 is 39.1 Å². The van der Waals surface area contributed by atoms with Crippen LogP contribution in [0.1, 0.15) is 28.9 Å². The van der Waals surface area contributed by atoms with E-state index in [4.69, 9.17) is 21.1 Å². The van der Waals surface area contributed by atoms with E-state index < -0.39 is 5.97 Å². The van der Waals surface area contributed by atoms with Gasteiger partial charge in [-0.05, 0) is 18.2 Å². The number of ketones is 1. The number of halogens is 2. The Morgan fingerprint density at radius 2 is 2.13 bits per heavy atom. The van der Waals surface area contributed by atoms with E-state index in [2.05, 4.69) is 25.5 Å². The van der Waals surface area contributed by atoms with E-state index >= 15 is 0 Å². The van der Waals surface area contributed by atoms with Gasteiger partial charge in [-0.25, -0.2) is 0 Å². The van der Waals surface area contributed by atoms with Crippen molar-refractivity contribution in [2.75, 3.05) is 7.11 Å². The van der Waals surface area contributed by atoms with E-state index in [-0.39, 0.29) is 25.2 Å². The van der Waals surface area contributed by atoms with Crippen molar-refractivity contribution in [3.8, 4) is 5.75 Å². The van der Waals surface area contributed by atoms with Gasteiger partial charge in [-0.2, -0.15) is 0 Å². The minimum atomic E-state index is -0.503. The molecule has 0 aliphatic carbocycles. The van der Waals surface area contributed by atoms with Crippen molar-refractivity contribution >= 4 is 50.8 Å². The molecule has 6 nitrogen and oxygen atoms in total. The van der Waals surface area contributed by atoms with Crippen LogP contribution in [0.15, 0.2) is 22.7 Å². The Hall–Kier alpha value is -1.51. The molecule has 2 rings (SSSR count). The van der Waals surface area contributed by atoms with Crippen molar-refractivity contribution in [3.63, 3.8) is 0 Å². The molecule has 0 bridgehead atoms. The minimum absolute atomic E-state index is 0.0225. The van der Waals surface area contributed by atoms with Crippen LogP contribution in [0, 0.1) is 0 Å². The second-order valence-corrected chi connectivity index (χ2v) is 6.69. The number of carbonyl (C=O) groups excluding carboxylic acids is 2. The van der Waals surface area contributed by atoms with E-state index in [1.54, 1.807) is 18.2 Å². The molecule has 1 heterocycles. The molecule has 0 fully saturated rings. The monoisotopic (exact) mass is 418 g/mol. The highest BCUT2D eigenvalue weighted by Crippen LogP contribution is 2.24. The second kappa shape index (κ2) is 8.37. The van der Waals surface area contributed by atoms with Gasteiger partial charge in [0, 0.05) is 22.4 Å². The summed E-state index contributed by atoms with van der Waals surface area (Å²) in [4.78, 5) is 23.9. The standard InChI is InChI=1S/C14H12BrClN2O4S/c1-21-12-4-2-8(15)6-9(12)11(19)3-5-13(20)22-7-10-14(16)23-18-17-10/h2,4,6H,3,5,7H2,1H3. The lowest BCUT2D eigenvalue weighted by molar-refractivity contribution is -0.145. The molecule has 0 aliphatic rings. The zero-order chi connectivity index (χ0) is 16.8.